The second-order valence-corrected chi connectivity index (χ2v) is 7.55. The van der Waals surface area contributed by atoms with Gasteiger partial charge in [0, 0.05) is 11.6 Å². The third-order valence-electron chi connectivity index (χ3n) is 5.61. The van der Waals surface area contributed by atoms with E-state index in [2.05, 4.69) is 15.5 Å². The average Bonchev–Trinajstić information content (AvgIpc) is 3.36. The van der Waals surface area contributed by atoms with Crippen LogP contribution in [0.25, 0.3) is 22.2 Å². The highest BCUT2D eigenvalue weighted by atomic mass is 16.5. The number of carboxylic acid groups (broad SMARTS) is 1. The highest BCUT2D eigenvalue weighted by Gasteiger charge is 2.31. The molecule has 1 aliphatic heterocycles. The van der Waals surface area contributed by atoms with Crippen molar-refractivity contribution in [3.63, 3.8) is 0 Å². The van der Waals surface area contributed by atoms with Gasteiger partial charge < -0.3 is 20.3 Å². The minimum absolute atomic E-state index is 0.135. The summed E-state index contributed by atoms with van der Waals surface area (Å²) in [6.45, 7) is -0.548. The molecule has 3 heterocycles. The number of para-hydroxylation sites is 1. The molecule has 0 bridgehead atoms. The van der Waals surface area contributed by atoms with Gasteiger partial charge >= 0.3 is 5.97 Å². The van der Waals surface area contributed by atoms with Crippen molar-refractivity contribution in [2.45, 2.75) is 6.04 Å². The molecule has 4 N–H and O–H groups in total. The number of nitrogens with zero attached hydrogens (tertiary/aromatic N) is 2. The summed E-state index contributed by atoms with van der Waals surface area (Å²) in [6.07, 6.45) is 1.65. The van der Waals surface area contributed by atoms with E-state index in [0.29, 0.717) is 11.3 Å². The van der Waals surface area contributed by atoms with Crippen LogP contribution in [0.3, 0.4) is 0 Å². The smallest absolute Gasteiger partial charge is 0.322 e. The van der Waals surface area contributed by atoms with Gasteiger partial charge in [-0.1, -0.05) is 30.3 Å². The van der Waals surface area contributed by atoms with E-state index in [0.717, 1.165) is 16.8 Å². The Balaban J connectivity index is 1.66. The van der Waals surface area contributed by atoms with E-state index in [-0.39, 0.29) is 12.0 Å². The summed E-state index contributed by atoms with van der Waals surface area (Å²) in [5, 5.41) is 28.9. The summed E-state index contributed by atoms with van der Waals surface area (Å²) in [5.74, 6) is -2.34. The monoisotopic (exact) mass is 446 g/mol. The highest BCUT2D eigenvalue weighted by Crippen LogP contribution is 2.38. The van der Waals surface area contributed by atoms with Crippen LogP contribution in [0.1, 0.15) is 22.0 Å². The number of H-pyrrole nitrogens is 1. The van der Waals surface area contributed by atoms with Crippen LogP contribution in [0.15, 0.2) is 59.5 Å². The Morgan fingerprint density at radius 2 is 1.97 bits per heavy atom. The van der Waals surface area contributed by atoms with Gasteiger partial charge in [0.25, 0.3) is 11.5 Å². The van der Waals surface area contributed by atoms with Crippen molar-refractivity contribution < 1.29 is 24.5 Å². The Kier molecular flexibility index (Phi) is 4.82. The van der Waals surface area contributed by atoms with E-state index in [1.807, 2.05) is 30.3 Å². The van der Waals surface area contributed by atoms with Gasteiger partial charge in [-0.2, -0.15) is 5.10 Å². The number of pyridine rings is 1. The minimum Gasteiger partial charge on any atom is -0.506 e. The number of aromatic amines is 1. The zero-order valence-electron chi connectivity index (χ0n) is 17.1. The fraction of sp³-hybridized carbons (Fsp3) is 0.130. The number of benzene rings is 2. The average molecular weight is 446 g/mol. The van der Waals surface area contributed by atoms with Gasteiger partial charge in [-0.25, -0.2) is 0 Å². The molecule has 4 aromatic rings. The summed E-state index contributed by atoms with van der Waals surface area (Å²) in [5.41, 5.74) is 1.63. The normalized spacial score (nSPS) is 14.6. The van der Waals surface area contributed by atoms with E-state index >= 15 is 0 Å². The van der Waals surface area contributed by atoms with Crippen LogP contribution in [0, 0.1) is 0 Å². The molecule has 0 saturated carbocycles. The van der Waals surface area contributed by atoms with Crippen molar-refractivity contribution in [1.82, 2.24) is 20.1 Å². The van der Waals surface area contributed by atoms with Gasteiger partial charge in [0.05, 0.1) is 17.3 Å². The van der Waals surface area contributed by atoms with Gasteiger partial charge in [0.1, 0.15) is 30.2 Å². The quantitative estimate of drug-likeness (QED) is 0.366. The van der Waals surface area contributed by atoms with Crippen LogP contribution in [-0.2, 0) is 4.79 Å². The Morgan fingerprint density at radius 3 is 2.67 bits per heavy atom. The minimum atomic E-state index is -1.27. The number of carbonyl (C=O) groups is 2. The molecule has 0 fully saturated rings. The molecule has 10 heteroatoms. The number of carboxylic acids is 1. The van der Waals surface area contributed by atoms with Crippen molar-refractivity contribution in [1.29, 1.82) is 0 Å². The third-order valence-corrected chi connectivity index (χ3v) is 5.61. The third kappa shape index (κ3) is 3.37. The zero-order chi connectivity index (χ0) is 23.1. The predicted molar refractivity (Wildman–Crippen MR) is 117 cm³/mol. The fourth-order valence-electron chi connectivity index (χ4n) is 4.07. The standard InChI is InChI=1S/C23H18N4O6/c28-18(29)10-24-22(31)19-21(30)14-2-1-3-17-20(14)27(23(19)32)16(11-33-17)13-6-4-12(5-7-13)15-8-9-25-26-15/h1-9,16,30H,10-11H2,(H,24,31)(H,25,26)(H,28,29). The number of aliphatic carboxylic acids is 1. The van der Waals surface area contributed by atoms with Gasteiger partial charge in [-0.15, -0.1) is 0 Å². The lowest BCUT2D eigenvalue weighted by Crippen LogP contribution is -2.39. The highest BCUT2D eigenvalue weighted by molar-refractivity contribution is 6.04. The summed E-state index contributed by atoms with van der Waals surface area (Å²) in [4.78, 5) is 37.0. The molecular weight excluding hydrogens is 428 g/mol. The number of aromatic hydroxyl groups is 1. The molecule has 2 aromatic carbocycles. The summed E-state index contributed by atoms with van der Waals surface area (Å²) in [6, 6.07) is 13.6. The molecular formula is C23H18N4O6. The second kappa shape index (κ2) is 7.83. The SMILES string of the molecule is O=C(O)CNC(=O)c1c(O)c2cccc3c2n(c1=O)C(c1ccc(-c2ccn[nH]2)cc1)CO3. The van der Waals surface area contributed by atoms with Crippen molar-refractivity contribution in [2.24, 2.45) is 0 Å². The molecule has 0 aliphatic carbocycles. The first-order valence-electron chi connectivity index (χ1n) is 10.1. The lowest BCUT2D eigenvalue weighted by atomic mass is 10.00. The molecule has 1 unspecified atom stereocenters. The number of rotatable bonds is 5. The van der Waals surface area contributed by atoms with E-state index < -0.39 is 41.3 Å². The van der Waals surface area contributed by atoms with Crippen LogP contribution in [0.2, 0.25) is 0 Å². The summed E-state index contributed by atoms with van der Waals surface area (Å²) < 4.78 is 7.31. The Bertz CT molecular complexity index is 1440. The number of aromatic nitrogens is 3. The molecule has 166 valence electrons. The van der Waals surface area contributed by atoms with Gasteiger partial charge in [-0.05, 0) is 29.3 Å². The van der Waals surface area contributed by atoms with Crippen LogP contribution in [0.5, 0.6) is 11.5 Å². The molecule has 0 spiro atoms. The van der Waals surface area contributed by atoms with E-state index in [1.54, 1.807) is 24.4 Å². The van der Waals surface area contributed by atoms with Crippen molar-refractivity contribution in [3.05, 3.63) is 76.2 Å². The summed E-state index contributed by atoms with van der Waals surface area (Å²) >= 11 is 0. The largest absolute Gasteiger partial charge is 0.506 e. The topological polar surface area (TPSA) is 147 Å². The molecule has 0 saturated heterocycles. The van der Waals surface area contributed by atoms with Crippen LogP contribution in [0.4, 0.5) is 0 Å². The van der Waals surface area contributed by atoms with Crippen molar-refractivity contribution >= 4 is 22.8 Å². The number of hydrogen-bond donors (Lipinski definition) is 4. The van der Waals surface area contributed by atoms with Crippen molar-refractivity contribution in [3.8, 4) is 22.8 Å². The maximum absolute atomic E-state index is 13.5. The fourth-order valence-corrected chi connectivity index (χ4v) is 4.07. The number of ether oxygens (including phenoxy) is 1. The van der Waals surface area contributed by atoms with Gasteiger partial charge in [0.2, 0.25) is 0 Å². The van der Waals surface area contributed by atoms with Gasteiger partial charge in [-0.3, -0.25) is 24.0 Å². The zero-order valence-corrected chi connectivity index (χ0v) is 17.1. The van der Waals surface area contributed by atoms with E-state index in [9.17, 15) is 19.5 Å². The number of nitrogens with one attached hydrogen (secondary N) is 2. The lowest BCUT2D eigenvalue weighted by Gasteiger charge is -2.29. The second-order valence-electron chi connectivity index (χ2n) is 7.55. The molecule has 1 aliphatic rings. The van der Waals surface area contributed by atoms with E-state index in [1.165, 1.54) is 4.57 Å². The maximum atomic E-state index is 13.5. The Labute approximate surface area is 186 Å². The van der Waals surface area contributed by atoms with Crippen LogP contribution in [-0.4, -0.2) is 50.0 Å². The molecule has 1 atom stereocenters. The van der Waals surface area contributed by atoms with Crippen LogP contribution < -0.4 is 15.6 Å². The lowest BCUT2D eigenvalue weighted by molar-refractivity contribution is -0.135. The molecule has 10 nitrogen and oxygen atoms in total. The van der Waals surface area contributed by atoms with Crippen LogP contribution >= 0.6 is 0 Å². The molecule has 33 heavy (non-hydrogen) atoms. The molecule has 2 aromatic heterocycles. The molecule has 5 rings (SSSR count). The number of carbonyl (C=O) groups excluding carboxylic acids is 1. The molecule has 0 radical (unpaired) electrons. The number of hydrogen-bond acceptors (Lipinski definition) is 6. The Morgan fingerprint density at radius 1 is 1.18 bits per heavy atom. The Hall–Kier alpha value is -4.60. The number of amides is 1. The van der Waals surface area contributed by atoms with E-state index in [4.69, 9.17) is 9.84 Å². The summed E-state index contributed by atoms with van der Waals surface area (Å²) in [7, 11) is 0. The predicted octanol–water partition coefficient (Wildman–Crippen LogP) is 1.89. The first-order chi connectivity index (χ1) is 16.0. The molecule has 1 amide bonds. The first kappa shape index (κ1) is 20.3. The van der Waals surface area contributed by atoms with Crippen molar-refractivity contribution in [2.75, 3.05) is 13.2 Å². The first-order valence-corrected chi connectivity index (χ1v) is 10.1. The van der Waals surface area contributed by atoms with Gasteiger partial charge in [0.15, 0.2) is 0 Å². The maximum Gasteiger partial charge on any atom is 0.322 e.